The normalized spacial score (nSPS) is 22.2. The zero-order valence-corrected chi connectivity index (χ0v) is 22.8. The summed E-state index contributed by atoms with van der Waals surface area (Å²) in [4.78, 5) is 30.2. The van der Waals surface area contributed by atoms with E-state index in [0.717, 1.165) is 12.5 Å². The van der Waals surface area contributed by atoms with Crippen LogP contribution in [0.4, 0.5) is 0 Å². The molecule has 7 nitrogen and oxygen atoms in total. The number of esters is 1. The van der Waals surface area contributed by atoms with Crippen molar-refractivity contribution in [2.45, 2.75) is 64.3 Å². The standard InChI is InChI=1S/C24H37O7P.Na/c1-3-4-5-6-7-8-9-10-11-14-21(25)19(2)20(18-32(28,29)30)13-12-15-23-22(26)16-17-24(27)31-23;/h7-12,14-17,19-23,25-26H,3-6,13,18H2,1-2H3,(H2,28,29,30);/b8-7+,10-9-,14-11-,15-12+;/t19-,20-,21+,22+,23+;/m1./s1. The minimum atomic E-state index is -4.30. The van der Waals surface area contributed by atoms with E-state index in [1.54, 1.807) is 31.2 Å². The van der Waals surface area contributed by atoms with E-state index in [4.69, 9.17) is 4.74 Å². The van der Waals surface area contributed by atoms with Gasteiger partial charge in [0, 0.05) is 35.6 Å². The molecule has 0 bridgehead atoms. The molecule has 1 heterocycles. The monoisotopic (exact) mass is 491 g/mol. The molecule has 9 heteroatoms. The van der Waals surface area contributed by atoms with Gasteiger partial charge in [-0.3, -0.25) is 4.57 Å². The summed E-state index contributed by atoms with van der Waals surface area (Å²) in [5.41, 5.74) is 0. The second kappa shape index (κ2) is 17.6. The van der Waals surface area contributed by atoms with Crippen LogP contribution in [0.1, 0.15) is 46.0 Å². The fraction of sp³-hybridized carbons (Fsp3) is 0.542. The maximum absolute atomic E-state index is 11.6. The molecule has 0 aromatic carbocycles. The number of hydrogen-bond acceptors (Lipinski definition) is 5. The van der Waals surface area contributed by atoms with Crippen molar-refractivity contribution in [1.29, 1.82) is 0 Å². The Balaban J connectivity index is 0.0000102. The summed E-state index contributed by atoms with van der Waals surface area (Å²) < 4.78 is 16.6. The van der Waals surface area contributed by atoms with Gasteiger partial charge in [0.1, 0.15) is 12.2 Å². The first-order valence-electron chi connectivity index (χ1n) is 11.1. The van der Waals surface area contributed by atoms with Gasteiger partial charge in [-0.15, -0.1) is 0 Å². The second-order valence-electron chi connectivity index (χ2n) is 8.07. The fourth-order valence-corrected chi connectivity index (χ4v) is 4.37. The van der Waals surface area contributed by atoms with E-state index in [1.807, 2.05) is 12.2 Å². The summed E-state index contributed by atoms with van der Waals surface area (Å²) in [7, 11) is -4.30. The Labute approximate surface area is 219 Å². The van der Waals surface area contributed by atoms with E-state index in [1.165, 1.54) is 31.4 Å². The number of carbonyl (C=O) groups is 1. The van der Waals surface area contributed by atoms with Crippen LogP contribution in [0, 0.1) is 11.8 Å². The number of carbonyl (C=O) groups excluding carboxylic acids is 1. The molecule has 0 amide bonds. The summed E-state index contributed by atoms with van der Waals surface area (Å²) >= 11 is 0. The molecule has 181 valence electrons. The Morgan fingerprint density at radius 3 is 2.52 bits per heavy atom. The van der Waals surface area contributed by atoms with Crippen molar-refractivity contribution in [3.8, 4) is 0 Å². The molecular formula is C24H37NaO7P. The average molecular weight is 492 g/mol. The number of cyclic esters (lactones) is 1. The molecule has 0 aliphatic carbocycles. The molecule has 0 unspecified atom stereocenters. The number of allylic oxidation sites excluding steroid dienone is 6. The SMILES string of the molecule is CCCCC/C=C/C=C\C=C/[C@H](O)[C@H](C)[C@H](C/C=C/[C@@H]1OC(=O)C=C[C@@H]1O)CP(=O)(O)O.[Na]. The quantitative estimate of drug-likeness (QED) is 0.0733. The smallest absolute Gasteiger partial charge is 0.331 e. The van der Waals surface area contributed by atoms with Gasteiger partial charge in [0.15, 0.2) is 0 Å². The van der Waals surface area contributed by atoms with Crippen molar-refractivity contribution in [1.82, 2.24) is 0 Å². The first kappa shape index (κ1) is 32.2. The van der Waals surface area contributed by atoms with Crippen molar-refractivity contribution in [2.24, 2.45) is 11.8 Å². The van der Waals surface area contributed by atoms with Gasteiger partial charge < -0.3 is 24.7 Å². The van der Waals surface area contributed by atoms with Crippen molar-refractivity contribution < 1.29 is 34.1 Å². The largest absolute Gasteiger partial charge is 0.452 e. The van der Waals surface area contributed by atoms with Gasteiger partial charge in [0.25, 0.3) is 0 Å². The molecule has 1 aliphatic rings. The van der Waals surface area contributed by atoms with E-state index < -0.39 is 43.7 Å². The molecule has 5 atom stereocenters. The molecule has 1 aliphatic heterocycles. The summed E-state index contributed by atoms with van der Waals surface area (Å²) in [5, 5.41) is 20.3. The van der Waals surface area contributed by atoms with E-state index in [2.05, 4.69) is 13.0 Å². The zero-order chi connectivity index (χ0) is 24.0. The van der Waals surface area contributed by atoms with Gasteiger partial charge in [-0.05, 0) is 43.3 Å². The predicted molar refractivity (Wildman–Crippen MR) is 132 cm³/mol. The predicted octanol–water partition coefficient (Wildman–Crippen LogP) is 3.43. The van der Waals surface area contributed by atoms with Crippen LogP contribution in [0.2, 0.25) is 0 Å². The van der Waals surface area contributed by atoms with Gasteiger partial charge in [-0.25, -0.2) is 4.79 Å². The first-order chi connectivity index (χ1) is 15.1. The summed E-state index contributed by atoms with van der Waals surface area (Å²) in [6.07, 6.45) is 18.4. The van der Waals surface area contributed by atoms with Crippen LogP contribution < -0.4 is 0 Å². The third-order valence-electron chi connectivity index (χ3n) is 5.29. The number of rotatable bonds is 14. The molecule has 0 saturated heterocycles. The Hall–Kier alpha value is -0.760. The van der Waals surface area contributed by atoms with Crippen LogP contribution in [-0.4, -0.2) is 80.0 Å². The fourth-order valence-electron chi connectivity index (χ4n) is 3.28. The minimum Gasteiger partial charge on any atom is -0.452 e. The Kier molecular flexibility index (Phi) is 17.2. The van der Waals surface area contributed by atoms with Crippen LogP contribution in [0.5, 0.6) is 0 Å². The number of aliphatic hydroxyl groups excluding tert-OH is 2. The van der Waals surface area contributed by atoms with Gasteiger partial charge in [0.2, 0.25) is 0 Å². The van der Waals surface area contributed by atoms with Crippen molar-refractivity contribution in [2.75, 3.05) is 6.16 Å². The summed E-state index contributed by atoms with van der Waals surface area (Å²) in [6, 6.07) is 0. The number of aliphatic hydroxyl groups is 2. The van der Waals surface area contributed by atoms with Gasteiger partial charge in [-0.1, -0.05) is 69.2 Å². The van der Waals surface area contributed by atoms with E-state index in [-0.39, 0.29) is 42.1 Å². The summed E-state index contributed by atoms with van der Waals surface area (Å²) in [5.74, 6) is -1.50. The van der Waals surface area contributed by atoms with Crippen LogP contribution in [0.15, 0.2) is 60.8 Å². The molecule has 0 aromatic rings. The average Bonchev–Trinajstić information content (AvgIpc) is 2.72. The topological polar surface area (TPSA) is 124 Å². The molecule has 0 saturated carbocycles. The molecule has 0 aromatic heterocycles. The molecule has 1 rings (SSSR count). The third-order valence-corrected chi connectivity index (χ3v) is 6.23. The molecule has 33 heavy (non-hydrogen) atoms. The van der Waals surface area contributed by atoms with Gasteiger partial charge >= 0.3 is 13.6 Å². The zero-order valence-electron chi connectivity index (χ0n) is 19.9. The molecular weight excluding hydrogens is 454 g/mol. The third kappa shape index (κ3) is 15.0. The van der Waals surface area contributed by atoms with Crippen LogP contribution in [0.25, 0.3) is 0 Å². The molecule has 0 fully saturated rings. The summed E-state index contributed by atoms with van der Waals surface area (Å²) in [6.45, 7) is 3.90. The van der Waals surface area contributed by atoms with Crippen LogP contribution >= 0.6 is 7.60 Å². The molecule has 4 N–H and O–H groups in total. The Morgan fingerprint density at radius 1 is 1.15 bits per heavy atom. The van der Waals surface area contributed by atoms with Gasteiger partial charge in [-0.2, -0.15) is 0 Å². The Bertz CT molecular complexity index is 754. The van der Waals surface area contributed by atoms with Crippen molar-refractivity contribution >= 4 is 43.1 Å². The van der Waals surface area contributed by atoms with E-state index >= 15 is 0 Å². The second-order valence-corrected chi connectivity index (χ2v) is 9.76. The molecule has 1 radical (unpaired) electrons. The molecule has 0 spiro atoms. The van der Waals surface area contributed by atoms with Gasteiger partial charge in [0.05, 0.1) is 12.3 Å². The number of ether oxygens (including phenoxy) is 1. The van der Waals surface area contributed by atoms with Crippen LogP contribution in [-0.2, 0) is 14.1 Å². The number of hydrogen-bond donors (Lipinski definition) is 4. The van der Waals surface area contributed by atoms with Crippen LogP contribution in [0.3, 0.4) is 0 Å². The maximum atomic E-state index is 11.6. The maximum Gasteiger partial charge on any atom is 0.331 e. The van der Waals surface area contributed by atoms with E-state index in [0.29, 0.717) is 0 Å². The first-order valence-corrected chi connectivity index (χ1v) is 12.9. The van der Waals surface area contributed by atoms with Crippen molar-refractivity contribution in [3.63, 3.8) is 0 Å². The van der Waals surface area contributed by atoms with Crippen molar-refractivity contribution in [3.05, 3.63) is 60.8 Å². The number of unbranched alkanes of at least 4 members (excludes halogenated alkanes) is 3. The van der Waals surface area contributed by atoms with E-state index in [9.17, 15) is 29.4 Å². The Morgan fingerprint density at radius 2 is 1.85 bits per heavy atom. The minimum absolute atomic E-state index is 0.